The van der Waals surface area contributed by atoms with Gasteiger partial charge >= 0.3 is 5.97 Å². The molecule has 0 bridgehead atoms. The number of hydrogen-bond donors (Lipinski definition) is 0. The summed E-state index contributed by atoms with van der Waals surface area (Å²) >= 11 is 0. The summed E-state index contributed by atoms with van der Waals surface area (Å²) in [6.07, 6.45) is 1.67. The summed E-state index contributed by atoms with van der Waals surface area (Å²) in [6, 6.07) is 17.9. The molecule has 23 heavy (non-hydrogen) atoms. The first-order valence-electron chi connectivity index (χ1n) is 7.80. The Morgan fingerprint density at radius 2 is 1.70 bits per heavy atom. The van der Waals surface area contributed by atoms with Gasteiger partial charge in [0, 0.05) is 0 Å². The lowest BCUT2D eigenvalue weighted by molar-refractivity contribution is -0.142. The number of anilines is 1. The van der Waals surface area contributed by atoms with E-state index in [-0.39, 0.29) is 18.1 Å². The first kappa shape index (κ1) is 15.4. The number of carbonyl (C=O) groups excluding carboxylic acids is 1. The van der Waals surface area contributed by atoms with Gasteiger partial charge in [-0.1, -0.05) is 42.5 Å². The molecular weight excluding hydrogens is 290 g/mol. The van der Waals surface area contributed by atoms with Crippen LogP contribution in [0.3, 0.4) is 0 Å². The Hall–Kier alpha value is -2.49. The molecule has 1 heterocycles. The Kier molecular flexibility index (Phi) is 4.51. The normalized spacial score (nSPS) is 20.3. The summed E-state index contributed by atoms with van der Waals surface area (Å²) in [5.41, 5.74) is 2.13. The number of methoxy groups -OCH3 is 2. The number of carbonyl (C=O) groups is 1. The molecule has 0 amide bonds. The maximum atomic E-state index is 12.3. The molecule has 120 valence electrons. The summed E-state index contributed by atoms with van der Waals surface area (Å²) in [7, 11) is 3.10. The Labute approximate surface area is 136 Å². The van der Waals surface area contributed by atoms with Crippen LogP contribution in [-0.4, -0.2) is 26.2 Å². The van der Waals surface area contributed by atoms with Gasteiger partial charge in [0.1, 0.15) is 11.8 Å². The molecule has 2 aromatic rings. The van der Waals surface area contributed by atoms with Crippen LogP contribution in [0.15, 0.2) is 54.6 Å². The lowest BCUT2D eigenvalue weighted by Gasteiger charge is -2.32. The van der Waals surface area contributed by atoms with Gasteiger partial charge in [-0.15, -0.1) is 0 Å². The molecular formula is C19H21NO3. The number of esters is 1. The van der Waals surface area contributed by atoms with E-state index in [1.54, 1.807) is 7.11 Å². The first-order chi connectivity index (χ1) is 11.3. The molecule has 0 unspecified atom stereocenters. The number of para-hydroxylation sites is 2. The highest BCUT2D eigenvalue weighted by molar-refractivity contribution is 5.82. The fourth-order valence-electron chi connectivity index (χ4n) is 3.36. The molecule has 0 spiro atoms. The van der Waals surface area contributed by atoms with E-state index >= 15 is 0 Å². The smallest absolute Gasteiger partial charge is 0.328 e. The number of hydrogen-bond acceptors (Lipinski definition) is 4. The molecule has 1 aliphatic rings. The molecule has 0 N–H and O–H groups in total. The van der Waals surface area contributed by atoms with Gasteiger partial charge in [-0.25, -0.2) is 4.79 Å². The van der Waals surface area contributed by atoms with E-state index < -0.39 is 0 Å². The van der Waals surface area contributed by atoms with E-state index in [9.17, 15) is 4.79 Å². The topological polar surface area (TPSA) is 38.8 Å². The van der Waals surface area contributed by atoms with Crippen LogP contribution in [0.25, 0.3) is 0 Å². The molecule has 0 radical (unpaired) electrons. The largest absolute Gasteiger partial charge is 0.495 e. The van der Waals surface area contributed by atoms with Crippen molar-refractivity contribution in [2.45, 2.75) is 24.9 Å². The monoisotopic (exact) mass is 311 g/mol. The summed E-state index contributed by atoms with van der Waals surface area (Å²) in [6.45, 7) is 0. The van der Waals surface area contributed by atoms with Crippen molar-refractivity contribution in [1.29, 1.82) is 0 Å². The van der Waals surface area contributed by atoms with E-state index in [1.807, 2.05) is 42.5 Å². The molecule has 3 rings (SSSR count). The van der Waals surface area contributed by atoms with Gasteiger partial charge in [-0.3, -0.25) is 0 Å². The minimum absolute atomic E-state index is 0.136. The molecule has 1 fully saturated rings. The Morgan fingerprint density at radius 3 is 2.39 bits per heavy atom. The third-order valence-electron chi connectivity index (χ3n) is 4.41. The van der Waals surface area contributed by atoms with Gasteiger partial charge in [0.15, 0.2) is 0 Å². The summed E-state index contributed by atoms with van der Waals surface area (Å²) in [4.78, 5) is 14.4. The molecule has 1 saturated heterocycles. The van der Waals surface area contributed by atoms with Gasteiger partial charge in [0.2, 0.25) is 0 Å². The van der Waals surface area contributed by atoms with E-state index in [0.717, 1.165) is 24.3 Å². The minimum Gasteiger partial charge on any atom is -0.495 e. The predicted octanol–water partition coefficient (Wildman–Crippen LogP) is 3.58. The van der Waals surface area contributed by atoms with Crippen LogP contribution in [0, 0.1) is 0 Å². The highest BCUT2D eigenvalue weighted by Crippen LogP contribution is 2.43. The fraction of sp³-hybridized carbons (Fsp3) is 0.316. The Morgan fingerprint density at radius 1 is 1.00 bits per heavy atom. The van der Waals surface area contributed by atoms with Gasteiger partial charge in [-0.2, -0.15) is 0 Å². The van der Waals surface area contributed by atoms with Crippen LogP contribution in [-0.2, 0) is 9.53 Å². The number of benzene rings is 2. The van der Waals surface area contributed by atoms with Crippen LogP contribution >= 0.6 is 0 Å². The first-order valence-corrected chi connectivity index (χ1v) is 7.80. The van der Waals surface area contributed by atoms with Gasteiger partial charge in [0.25, 0.3) is 0 Å². The van der Waals surface area contributed by atoms with Crippen LogP contribution in [0.5, 0.6) is 5.75 Å². The summed E-state index contributed by atoms with van der Waals surface area (Å²) in [5, 5.41) is 0. The Bertz CT molecular complexity index is 671. The van der Waals surface area contributed by atoms with Crippen LogP contribution in [0.1, 0.15) is 24.4 Å². The molecule has 4 heteroatoms. The predicted molar refractivity (Wildman–Crippen MR) is 89.7 cm³/mol. The third kappa shape index (κ3) is 2.89. The second-order valence-corrected chi connectivity index (χ2v) is 5.62. The van der Waals surface area contributed by atoms with E-state index in [4.69, 9.17) is 9.47 Å². The van der Waals surface area contributed by atoms with Crippen molar-refractivity contribution in [1.82, 2.24) is 0 Å². The highest BCUT2D eigenvalue weighted by Gasteiger charge is 2.40. The van der Waals surface area contributed by atoms with Crippen LogP contribution < -0.4 is 9.64 Å². The maximum Gasteiger partial charge on any atom is 0.328 e. The number of rotatable bonds is 4. The lowest BCUT2D eigenvalue weighted by atomic mass is 10.0. The van der Waals surface area contributed by atoms with Crippen molar-refractivity contribution in [2.75, 3.05) is 19.1 Å². The standard InChI is InChI=1S/C19H21NO3/c1-22-18-11-7-6-10-16(18)20-15(14-8-4-3-5-9-14)12-13-17(20)19(21)23-2/h3-11,15,17H,12-13H2,1-2H3/t15-,17+/m1/s1. The zero-order valence-electron chi connectivity index (χ0n) is 13.4. The molecule has 0 saturated carbocycles. The van der Waals surface area contributed by atoms with Crippen LogP contribution in [0.4, 0.5) is 5.69 Å². The summed E-state index contributed by atoms with van der Waals surface area (Å²) in [5.74, 6) is 0.568. The van der Waals surface area contributed by atoms with Crippen molar-refractivity contribution in [3.05, 3.63) is 60.2 Å². The van der Waals surface area contributed by atoms with Crippen LogP contribution in [0.2, 0.25) is 0 Å². The molecule has 2 aromatic carbocycles. The van der Waals surface area contributed by atoms with Crippen molar-refractivity contribution in [3.8, 4) is 5.75 Å². The molecule has 0 aliphatic carbocycles. The highest BCUT2D eigenvalue weighted by atomic mass is 16.5. The van der Waals surface area contributed by atoms with Gasteiger partial charge in [-0.05, 0) is 30.5 Å². The SMILES string of the molecule is COC(=O)[C@@H]1CC[C@H](c2ccccc2)N1c1ccccc1OC. The second kappa shape index (κ2) is 6.73. The van der Waals surface area contributed by atoms with Crippen molar-refractivity contribution in [2.24, 2.45) is 0 Å². The lowest BCUT2D eigenvalue weighted by Crippen LogP contribution is -2.38. The maximum absolute atomic E-state index is 12.3. The van der Waals surface area contributed by atoms with E-state index in [2.05, 4.69) is 17.0 Å². The molecule has 0 aromatic heterocycles. The van der Waals surface area contributed by atoms with Gasteiger partial charge in [0.05, 0.1) is 25.9 Å². The summed E-state index contributed by atoms with van der Waals surface area (Å²) < 4.78 is 10.5. The number of ether oxygens (including phenoxy) is 2. The van der Waals surface area contributed by atoms with E-state index in [0.29, 0.717) is 0 Å². The zero-order chi connectivity index (χ0) is 16.2. The average Bonchev–Trinajstić information content (AvgIpc) is 3.06. The van der Waals surface area contributed by atoms with E-state index in [1.165, 1.54) is 12.7 Å². The zero-order valence-corrected chi connectivity index (χ0v) is 13.4. The molecule has 1 aliphatic heterocycles. The molecule has 2 atom stereocenters. The number of nitrogens with zero attached hydrogens (tertiary/aromatic N) is 1. The van der Waals surface area contributed by atoms with Crippen molar-refractivity contribution in [3.63, 3.8) is 0 Å². The second-order valence-electron chi connectivity index (χ2n) is 5.62. The van der Waals surface area contributed by atoms with Crippen molar-refractivity contribution < 1.29 is 14.3 Å². The average molecular weight is 311 g/mol. The minimum atomic E-state index is -0.290. The van der Waals surface area contributed by atoms with Gasteiger partial charge < -0.3 is 14.4 Å². The fourth-order valence-corrected chi connectivity index (χ4v) is 3.36. The molecule has 4 nitrogen and oxygen atoms in total. The third-order valence-corrected chi connectivity index (χ3v) is 4.41. The quantitative estimate of drug-likeness (QED) is 0.809. The Balaban J connectivity index is 2.05. The van der Waals surface area contributed by atoms with Crippen molar-refractivity contribution >= 4 is 11.7 Å².